The number of carbonyl (C=O) groups excluding carboxylic acids is 1. The predicted octanol–water partition coefficient (Wildman–Crippen LogP) is 0.522. The van der Waals surface area contributed by atoms with Crippen molar-refractivity contribution in [1.82, 2.24) is 20.1 Å². The lowest BCUT2D eigenvalue weighted by Crippen LogP contribution is -2.31. The van der Waals surface area contributed by atoms with E-state index in [4.69, 9.17) is 0 Å². The molecular weight excluding hydrogens is 252 g/mol. The van der Waals surface area contributed by atoms with E-state index >= 15 is 0 Å². The van der Waals surface area contributed by atoms with Crippen LogP contribution in [0.3, 0.4) is 0 Å². The number of H-pyrrole nitrogens is 1. The van der Waals surface area contributed by atoms with Crippen molar-refractivity contribution in [2.45, 2.75) is 32.4 Å². The third-order valence-corrected chi connectivity index (χ3v) is 3.81. The maximum atomic E-state index is 11.8. The standard InChI is InChI=1S/C11H18N4O2S/c1-7(6-18-2)10(16)12-5-9-13-14-11(17)15(9)8-3-4-8/h7-8H,3-6H2,1-2H3,(H,12,16)(H,14,17). The molecule has 0 bridgehead atoms. The molecule has 1 amide bonds. The van der Waals surface area contributed by atoms with Crippen molar-refractivity contribution >= 4 is 17.7 Å². The Morgan fingerprint density at radius 1 is 1.67 bits per heavy atom. The Hall–Kier alpha value is -1.24. The first-order chi connectivity index (χ1) is 8.63. The van der Waals surface area contributed by atoms with E-state index in [0.29, 0.717) is 12.4 Å². The zero-order chi connectivity index (χ0) is 13.1. The van der Waals surface area contributed by atoms with Gasteiger partial charge in [0, 0.05) is 17.7 Å². The van der Waals surface area contributed by atoms with Crippen LogP contribution < -0.4 is 11.0 Å². The fourth-order valence-electron chi connectivity index (χ4n) is 1.84. The number of nitrogens with one attached hydrogen (secondary N) is 2. The number of carbonyl (C=O) groups is 1. The second kappa shape index (κ2) is 5.60. The molecule has 1 unspecified atom stereocenters. The molecule has 2 N–H and O–H groups in total. The third kappa shape index (κ3) is 2.95. The van der Waals surface area contributed by atoms with Crippen molar-refractivity contribution < 1.29 is 4.79 Å². The normalized spacial score (nSPS) is 16.6. The van der Waals surface area contributed by atoms with Crippen molar-refractivity contribution in [1.29, 1.82) is 0 Å². The Balaban J connectivity index is 1.94. The van der Waals surface area contributed by atoms with E-state index in [9.17, 15) is 9.59 Å². The lowest BCUT2D eigenvalue weighted by Gasteiger charge is -2.10. The van der Waals surface area contributed by atoms with Crippen LogP contribution in [0.15, 0.2) is 4.79 Å². The summed E-state index contributed by atoms with van der Waals surface area (Å²) in [6, 6.07) is 0.270. The lowest BCUT2D eigenvalue weighted by atomic mass is 10.2. The molecule has 0 aromatic carbocycles. The minimum absolute atomic E-state index is 0.00199. The van der Waals surface area contributed by atoms with E-state index in [0.717, 1.165) is 18.6 Å². The first kappa shape index (κ1) is 13.2. The summed E-state index contributed by atoms with van der Waals surface area (Å²) in [6.07, 6.45) is 4.01. The first-order valence-corrected chi connectivity index (χ1v) is 7.45. The molecule has 1 aliphatic carbocycles. The largest absolute Gasteiger partial charge is 0.349 e. The lowest BCUT2D eigenvalue weighted by molar-refractivity contribution is -0.124. The van der Waals surface area contributed by atoms with Gasteiger partial charge in [0.15, 0.2) is 5.82 Å². The van der Waals surface area contributed by atoms with Crippen LogP contribution in [0, 0.1) is 5.92 Å². The summed E-state index contributed by atoms with van der Waals surface area (Å²) in [4.78, 5) is 23.3. The van der Waals surface area contributed by atoms with Gasteiger partial charge in [-0.2, -0.15) is 16.9 Å². The van der Waals surface area contributed by atoms with Crippen LogP contribution in [0.1, 0.15) is 31.6 Å². The Morgan fingerprint density at radius 3 is 3.00 bits per heavy atom. The summed E-state index contributed by atoms with van der Waals surface area (Å²) >= 11 is 1.64. The second-order valence-electron chi connectivity index (χ2n) is 4.62. The van der Waals surface area contributed by atoms with Gasteiger partial charge in [-0.3, -0.25) is 9.36 Å². The first-order valence-electron chi connectivity index (χ1n) is 6.06. The van der Waals surface area contributed by atoms with Gasteiger partial charge in [-0.05, 0) is 19.1 Å². The molecule has 6 nitrogen and oxygen atoms in total. The van der Waals surface area contributed by atoms with E-state index in [-0.39, 0.29) is 23.6 Å². The number of amides is 1. The average Bonchev–Trinajstić information content (AvgIpc) is 3.11. The molecule has 0 saturated heterocycles. The highest BCUT2D eigenvalue weighted by Crippen LogP contribution is 2.33. The maximum absolute atomic E-state index is 11.8. The van der Waals surface area contributed by atoms with Crippen LogP contribution in [-0.2, 0) is 11.3 Å². The van der Waals surface area contributed by atoms with E-state index in [1.807, 2.05) is 13.2 Å². The molecule has 1 fully saturated rings. The molecule has 2 rings (SSSR count). The number of nitrogens with zero attached hydrogens (tertiary/aromatic N) is 2. The Kier molecular flexibility index (Phi) is 4.11. The highest BCUT2D eigenvalue weighted by atomic mass is 32.2. The van der Waals surface area contributed by atoms with Crippen LogP contribution in [-0.4, -0.2) is 32.7 Å². The topological polar surface area (TPSA) is 79.8 Å². The Morgan fingerprint density at radius 2 is 2.39 bits per heavy atom. The predicted molar refractivity (Wildman–Crippen MR) is 70.5 cm³/mol. The molecule has 1 atom stereocenters. The van der Waals surface area contributed by atoms with E-state index in [1.54, 1.807) is 16.3 Å². The smallest absolute Gasteiger partial charge is 0.343 e. The van der Waals surface area contributed by atoms with Crippen LogP contribution in [0.2, 0.25) is 0 Å². The molecule has 18 heavy (non-hydrogen) atoms. The summed E-state index contributed by atoms with van der Waals surface area (Å²) in [5.74, 6) is 1.39. The summed E-state index contributed by atoms with van der Waals surface area (Å²) in [6.45, 7) is 2.21. The number of aromatic amines is 1. The molecule has 1 heterocycles. The highest BCUT2D eigenvalue weighted by molar-refractivity contribution is 7.98. The fourth-order valence-corrected chi connectivity index (χ4v) is 2.49. The zero-order valence-corrected chi connectivity index (χ0v) is 11.4. The van der Waals surface area contributed by atoms with Gasteiger partial charge >= 0.3 is 5.69 Å². The van der Waals surface area contributed by atoms with Gasteiger partial charge < -0.3 is 5.32 Å². The molecule has 1 saturated carbocycles. The zero-order valence-electron chi connectivity index (χ0n) is 10.6. The van der Waals surface area contributed by atoms with Crippen LogP contribution in [0.4, 0.5) is 0 Å². The number of hydrogen-bond donors (Lipinski definition) is 2. The van der Waals surface area contributed by atoms with Crippen LogP contribution >= 0.6 is 11.8 Å². The monoisotopic (exact) mass is 270 g/mol. The van der Waals surface area contributed by atoms with Gasteiger partial charge in [-0.1, -0.05) is 6.92 Å². The van der Waals surface area contributed by atoms with Crippen molar-refractivity contribution in [2.75, 3.05) is 12.0 Å². The molecule has 1 aliphatic rings. The van der Waals surface area contributed by atoms with Gasteiger partial charge in [0.2, 0.25) is 5.91 Å². The minimum atomic E-state index is -0.182. The van der Waals surface area contributed by atoms with Gasteiger partial charge in [-0.25, -0.2) is 9.89 Å². The second-order valence-corrected chi connectivity index (χ2v) is 5.53. The maximum Gasteiger partial charge on any atom is 0.343 e. The average molecular weight is 270 g/mol. The fraction of sp³-hybridized carbons (Fsp3) is 0.727. The number of hydrogen-bond acceptors (Lipinski definition) is 4. The molecule has 0 spiro atoms. The Bertz CT molecular complexity index is 478. The Labute approximate surface area is 110 Å². The summed E-state index contributed by atoms with van der Waals surface area (Å²) in [5.41, 5.74) is -0.182. The van der Waals surface area contributed by atoms with Gasteiger partial charge in [0.1, 0.15) is 0 Å². The molecule has 7 heteroatoms. The summed E-state index contributed by atoms with van der Waals surface area (Å²) < 4.78 is 1.65. The molecule has 0 radical (unpaired) electrons. The van der Waals surface area contributed by atoms with Crippen molar-refractivity contribution in [3.8, 4) is 0 Å². The van der Waals surface area contributed by atoms with Crippen LogP contribution in [0.5, 0.6) is 0 Å². The minimum Gasteiger partial charge on any atom is -0.349 e. The summed E-state index contributed by atoms with van der Waals surface area (Å²) in [7, 11) is 0. The van der Waals surface area contributed by atoms with Crippen molar-refractivity contribution in [3.63, 3.8) is 0 Å². The van der Waals surface area contributed by atoms with E-state index in [2.05, 4.69) is 15.5 Å². The quantitative estimate of drug-likeness (QED) is 0.790. The number of aromatic nitrogens is 3. The number of rotatable bonds is 6. The molecule has 1 aromatic rings. The van der Waals surface area contributed by atoms with Gasteiger partial charge in [-0.15, -0.1) is 0 Å². The SMILES string of the molecule is CSCC(C)C(=O)NCc1n[nH]c(=O)n1C1CC1. The van der Waals surface area contributed by atoms with Crippen molar-refractivity contribution in [2.24, 2.45) is 5.92 Å². The third-order valence-electron chi connectivity index (χ3n) is 2.97. The van der Waals surface area contributed by atoms with Gasteiger partial charge in [0.05, 0.1) is 6.54 Å². The molecular formula is C11H18N4O2S. The summed E-state index contributed by atoms with van der Waals surface area (Å²) in [5, 5.41) is 9.22. The van der Waals surface area contributed by atoms with Crippen LogP contribution in [0.25, 0.3) is 0 Å². The van der Waals surface area contributed by atoms with Crippen molar-refractivity contribution in [3.05, 3.63) is 16.3 Å². The van der Waals surface area contributed by atoms with Gasteiger partial charge in [0.25, 0.3) is 0 Å². The highest BCUT2D eigenvalue weighted by Gasteiger charge is 2.28. The van der Waals surface area contributed by atoms with E-state index in [1.165, 1.54) is 0 Å². The molecule has 100 valence electrons. The molecule has 0 aliphatic heterocycles. The number of thioether (sulfide) groups is 1. The molecule has 1 aromatic heterocycles. The van der Waals surface area contributed by atoms with E-state index < -0.39 is 0 Å².